The lowest BCUT2D eigenvalue weighted by Crippen LogP contribution is -1.90. The van der Waals surface area contributed by atoms with E-state index in [4.69, 9.17) is 0 Å². The van der Waals surface area contributed by atoms with Crippen molar-refractivity contribution in [3.05, 3.63) is 121 Å². The second-order valence-corrected chi connectivity index (χ2v) is 7.96. The monoisotopic (exact) mass is 395 g/mol. The molecule has 146 valence electrons. The molecule has 0 saturated carbocycles. The van der Waals surface area contributed by atoms with Crippen LogP contribution >= 0.6 is 0 Å². The second-order valence-electron chi connectivity index (χ2n) is 7.96. The summed E-state index contributed by atoms with van der Waals surface area (Å²) in [6.45, 7) is 0. The van der Waals surface area contributed by atoms with Crippen molar-refractivity contribution in [2.24, 2.45) is 0 Å². The summed E-state index contributed by atoms with van der Waals surface area (Å²) in [6, 6.07) is 43.3. The van der Waals surface area contributed by atoms with Gasteiger partial charge in [-0.2, -0.15) is 0 Å². The first-order chi connectivity index (χ1) is 15.3. The minimum atomic E-state index is 1.09. The van der Waals surface area contributed by atoms with E-state index in [1.54, 1.807) is 0 Å². The minimum absolute atomic E-state index is 1.09. The summed E-state index contributed by atoms with van der Waals surface area (Å²) in [5.41, 5.74) is 4.68. The van der Waals surface area contributed by atoms with Crippen LogP contribution in [-0.2, 0) is 0 Å². The molecule has 6 aromatic carbocycles. The molecule has 0 fully saturated rings. The van der Waals surface area contributed by atoms with Crippen LogP contribution in [0.5, 0.6) is 0 Å². The van der Waals surface area contributed by atoms with Crippen molar-refractivity contribution in [1.29, 1.82) is 0 Å². The zero-order valence-corrected chi connectivity index (χ0v) is 17.0. The topological polar surface area (TPSA) is 12.0 Å². The molecule has 0 saturated heterocycles. The van der Waals surface area contributed by atoms with Gasteiger partial charge in [0.05, 0.1) is 0 Å². The zero-order valence-electron chi connectivity index (χ0n) is 17.0. The maximum Gasteiger partial charge on any atom is 0.0390 e. The first-order valence-corrected chi connectivity index (χ1v) is 10.6. The predicted molar refractivity (Wildman–Crippen MR) is 134 cm³/mol. The SMILES string of the molecule is c1ccc2cc(Nc3ccc(-c4cc5ccccc5c5ccccc45)cc3)ccc2c1. The van der Waals surface area contributed by atoms with Crippen molar-refractivity contribution in [2.45, 2.75) is 0 Å². The molecular formula is C30H21N. The van der Waals surface area contributed by atoms with Crippen LogP contribution in [0.4, 0.5) is 11.4 Å². The molecule has 0 radical (unpaired) electrons. The molecule has 0 aliphatic rings. The summed E-state index contributed by atoms with van der Waals surface area (Å²) in [5, 5.41) is 11.2. The van der Waals surface area contributed by atoms with Crippen LogP contribution in [-0.4, -0.2) is 0 Å². The molecule has 6 aromatic rings. The van der Waals surface area contributed by atoms with Crippen LogP contribution in [0, 0.1) is 0 Å². The number of hydrogen-bond acceptors (Lipinski definition) is 1. The lowest BCUT2D eigenvalue weighted by Gasteiger charge is -2.12. The average molecular weight is 396 g/mol. The van der Waals surface area contributed by atoms with E-state index in [2.05, 4.69) is 127 Å². The van der Waals surface area contributed by atoms with Gasteiger partial charge in [0.15, 0.2) is 0 Å². The van der Waals surface area contributed by atoms with Gasteiger partial charge in [0, 0.05) is 11.4 Å². The molecule has 0 heterocycles. The van der Waals surface area contributed by atoms with Crippen molar-refractivity contribution in [2.75, 3.05) is 5.32 Å². The second kappa shape index (κ2) is 7.30. The summed E-state index contributed by atoms with van der Waals surface area (Å²) in [6.07, 6.45) is 0. The molecule has 6 rings (SSSR count). The van der Waals surface area contributed by atoms with E-state index in [-0.39, 0.29) is 0 Å². The Balaban J connectivity index is 1.38. The largest absolute Gasteiger partial charge is 0.356 e. The standard InChI is InChI=1S/C30H21N/c1-2-8-23-19-26(18-13-21(23)7-1)31-25-16-14-22(15-17-25)30-20-24-9-3-4-10-27(24)28-11-5-6-12-29(28)30/h1-20,31H. The van der Waals surface area contributed by atoms with Crippen LogP contribution in [0.3, 0.4) is 0 Å². The highest BCUT2D eigenvalue weighted by atomic mass is 14.9. The highest BCUT2D eigenvalue weighted by Gasteiger charge is 2.08. The van der Waals surface area contributed by atoms with Crippen molar-refractivity contribution in [3.63, 3.8) is 0 Å². The van der Waals surface area contributed by atoms with Gasteiger partial charge < -0.3 is 5.32 Å². The van der Waals surface area contributed by atoms with Crippen LogP contribution in [0.15, 0.2) is 121 Å². The molecular weight excluding hydrogens is 374 g/mol. The Labute approximate surface area is 181 Å². The van der Waals surface area contributed by atoms with Gasteiger partial charge in [-0.25, -0.2) is 0 Å². The van der Waals surface area contributed by atoms with E-state index in [9.17, 15) is 0 Å². The Morgan fingerprint density at radius 2 is 1.00 bits per heavy atom. The first kappa shape index (κ1) is 17.7. The fourth-order valence-corrected chi connectivity index (χ4v) is 4.46. The van der Waals surface area contributed by atoms with Gasteiger partial charge in [-0.15, -0.1) is 0 Å². The molecule has 0 unspecified atom stereocenters. The van der Waals surface area contributed by atoms with E-state index in [1.165, 1.54) is 43.4 Å². The normalized spacial score (nSPS) is 11.2. The van der Waals surface area contributed by atoms with E-state index in [0.29, 0.717) is 0 Å². The van der Waals surface area contributed by atoms with E-state index < -0.39 is 0 Å². The number of nitrogens with one attached hydrogen (secondary N) is 1. The van der Waals surface area contributed by atoms with Gasteiger partial charge >= 0.3 is 0 Å². The summed E-state index contributed by atoms with van der Waals surface area (Å²) >= 11 is 0. The molecule has 1 nitrogen and oxygen atoms in total. The summed E-state index contributed by atoms with van der Waals surface area (Å²) in [4.78, 5) is 0. The van der Waals surface area contributed by atoms with E-state index >= 15 is 0 Å². The molecule has 0 amide bonds. The van der Waals surface area contributed by atoms with E-state index in [0.717, 1.165) is 11.4 Å². The maximum atomic E-state index is 3.54. The maximum absolute atomic E-state index is 3.54. The molecule has 0 bridgehead atoms. The number of rotatable bonds is 3. The van der Waals surface area contributed by atoms with E-state index in [1.807, 2.05) is 0 Å². The minimum Gasteiger partial charge on any atom is -0.356 e. The number of hydrogen-bond donors (Lipinski definition) is 1. The summed E-state index contributed by atoms with van der Waals surface area (Å²) in [7, 11) is 0. The molecule has 0 atom stereocenters. The molecule has 0 aromatic heterocycles. The van der Waals surface area contributed by atoms with Gasteiger partial charge in [-0.1, -0.05) is 91.0 Å². The van der Waals surface area contributed by atoms with Gasteiger partial charge in [0.25, 0.3) is 0 Å². The third kappa shape index (κ3) is 3.21. The average Bonchev–Trinajstić information content (AvgIpc) is 2.84. The Morgan fingerprint density at radius 3 is 1.81 bits per heavy atom. The third-order valence-corrected chi connectivity index (χ3v) is 6.00. The van der Waals surface area contributed by atoms with Crippen LogP contribution < -0.4 is 5.32 Å². The Hall–Kier alpha value is -4.10. The fraction of sp³-hybridized carbons (Fsp3) is 0. The third-order valence-electron chi connectivity index (χ3n) is 6.00. The Kier molecular flexibility index (Phi) is 4.18. The fourth-order valence-electron chi connectivity index (χ4n) is 4.46. The lowest BCUT2D eigenvalue weighted by atomic mass is 9.93. The number of benzene rings is 6. The highest BCUT2D eigenvalue weighted by molar-refractivity contribution is 6.13. The van der Waals surface area contributed by atoms with Gasteiger partial charge in [-0.05, 0) is 73.8 Å². The molecule has 1 N–H and O–H groups in total. The molecule has 1 heteroatoms. The van der Waals surface area contributed by atoms with Crippen molar-refractivity contribution >= 4 is 43.7 Å². The van der Waals surface area contributed by atoms with Crippen molar-refractivity contribution in [3.8, 4) is 11.1 Å². The molecule has 31 heavy (non-hydrogen) atoms. The number of anilines is 2. The highest BCUT2D eigenvalue weighted by Crippen LogP contribution is 2.35. The van der Waals surface area contributed by atoms with Gasteiger partial charge in [0.1, 0.15) is 0 Å². The molecule has 0 aliphatic carbocycles. The molecule has 0 spiro atoms. The van der Waals surface area contributed by atoms with Crippen molar-refractivity contribution < 1.29 is 0 Å². The first-order valence-electron chi connectivity index (χ1n) is 10.6. The lowest BCUT2D eigenvalue weighted by molar-refractivity contribution is 1.56. The Bertz CT molecular complexity index is 1540. The smallest absolute Gasteiger partial charge is 0.0390 e. The van der Waals surface area contributed by atoms with Crippen LogP contribution in [0.25, 0.3) is 43.4 Å². The van der Waals surface area contributed by atoms with Crippen LogP contribution in [0.2, 0.25) is 0 Å². The van der Waals surface area contributed by atoms with Gasteiger partial charge in [-0.3, -0.25) is 0 Å². The van der Waals surface area contributed by atoms with Crippen LogP contribution in [0.1, 0.15) is 0 Å². The van der Waals surface area contributed by atoms with Gasteiger partial charge in [0.2, 0.25) is 0 Å². The summed E-state index contributed by atoms with van der Waals surface area (Å²) in [5.74, 6) is 0. The zero-order chi connectivity index (χ0) is 20.6. The predicted octanol–water partition coefficient (Wildman–Crippen LogP) is 8.56. The summed E-state index contributed by atoms with van der Waals surface area (Å²) < 4.78 is 0. The number of fused-ring (bicyclic) bond motifs is 4. The molecule has 0 aliphatic heterocycles. The quantitative estimate of drug-likeness (QED) is 0.296. The van der Waals surface area contributed by atoms with Crippen molar-refractivity contribution in [1.82, 2.24) is 0 Å². The Morgan fingerprint density at radius 1 is 0.387 bits per heavy atom.